The van der Waals surface area contributed by atoms with Crippen molar-refractivity contribution in [2.45, 2.75) is 25.7 Å². The van der Waals surface area contributed by atoms with Gasteiger partial charge in [0.15, 0.2) is 11.5 Å². The number of anilines is 2. The number of amides is 1. The Balaban J connectivity index is 1.81. The monoisotopic (exact) mass is 354 g/mol. The van der Waals surface area contributed by atoms with E-state index in [1.54, 1.807) is 32.4 Å². The number of hydrogen-bond acceptors (Lipinski definition) is 4. The zero-order valence-corrected chi connectivity index (χ0v) is 15.5. The second kappa shape index (κ2) is 8.61. The molecular weight excluding hydrogens is 328 g/mol. The molecule has 0 saturated carbocycles. The summed E-state index contributed by atoms with van der Waals surface area (Å²) in [6.45, 7) is 2.06. The summed E-state index contributed by atoms with van der Waals surface area (Å²) < 4.78 is 10.5. The third-order valence-corrected chi connectivity index (χ3v) is 4.74. The summed E-state index contributed by atoms with van der Waals surface area (Å²) in [5.41, 5.74) is 2.46. The number of para-hydroxylation sites is 2. The fraction of sp³-hybridized carbons (Fsp3) is 0.381. The van der Waals surface area contributed by atoms with E-state index in [-0.39, 0.29) is 5.91 Å². The first-order valence-corrected chi connectivity index (χ1v) is 9.10. The molecule has 0 aromatic heterocycles. The molecule has 1 heterocycles. The van der Waals surface area contributed by atoms with Gasteiger partial charge in [-0.25, -0.2) is 0 Å². The molecule has 1 N–H and O–H groups in total. The van der Waals surface area contributed by atoms with Crippen LogP contribution < -0.4 is 19.7 Å². The van der Waals surface area contributed by atoms with Crippen LogP contribution in [0.15, 0.2) is 42.5 Å². The van der Waals surface area contributed by atoms with Crippen molar-refractivity contribution in [1.29, 1.82) is 0 Å². The normalized spacial score (nSPS) is 14.5. The third kappa shape index (κ3) is 4.10. The van der Waals surface area contributed by atoms with E-state index in [0.717, 1.165) is 24.5 Å². The van der Waals surface area contributed by atoms with Crippen LogP contribution >= 0.6 is 0 Å². The van der Waals surface area contributed by atoms with Crippen molar-refractivity contribution in [3.63, 3.8) is 0 Å². The number of rotatable bonds is 5. The number of nitrogens with zero attached hydrogens (tertiary/aromatic N) is 1. The summed E-state index contributed by atoms with van der Waals surface area (Å²) in [5, 5.41) is 3.06. The summed E-state index contributed by atoms with van der Waals surface area (Å²) in [4.78, 5) is 15.1. The van der Waals surface area contributed by atoms with Gasteiger partial charge in [-0.15, -0.1) is 0 Å². The summed E-state index contributed by atoms with van der Waals surface area (Å²) in [6.07, 6.45) is 4.93. The van der Waals surface area contributed by atoms with Crippen molar-refractivity contribution in [1.82, 2.24) is 0 Å². The number of nitrogens with one attached hydrogen (secondary N) is 1. The van der Waals surface area contributed by atoms with Gasteiger partial charge in [0.05, 0.1) is 25.6 Å². The van der Waals surface area contributed by atoms with E-state index in [0.29, 0.717) is 17.1 Å². The number of ether oxygens (including phenoxy) is 2. The molecule has 0 unspecified atom stereocenters. The largest absolute Gasteiger partial charge is 0.493 e. The first-order valence-electron chi connectivity index (χ1n) is 9.10. The molecule has 5 nitrogen and oxygen atoms in total. The van der Waals surface area contributed by atoms with Gasteiger partial charge in [-0.3, -0.25) is 4.79 Å². The molecule has 1 amide bonds. The van der Waals surface area contributed by atoms with Gasteiger partial charge in [-0.1, -0.05) is 25.0 Å². The number of carbonyl (C=O) groups is 1. The summed E-state index contributed by atoms with van der Waals surface area (Å²) >= 11 is 0. The lowest BCUT2D eigenvalue weighted by atomic mass is 10.1. The van der Waals surface area contributed by atoms with Gasteiger partial charge in [0.2, 0.25) is 0 Å². The summed E-state index contributed by atoms with van der Waals surface area (Å²) in [7, 11) is 3.14. The second-order valence-electron chi connectivity index (χ2n) is 6.44. The molecule has 0 aliphatic carbocycles. The quantitative estimate of drug-likeness (QED) is 0.868. The maximum atomic E-state index is 12.8. The molecule has 1 saturated heterocycles. The molecular formula is C21H26N2O3. The van der Waals surface area contributed by atoms with Gasteiger partial charge in [0.1, 0.15) is 0 Å². The van der Waals surface area contributed by atoms with Crippen molar-refractivity contribution >= 4 is 17.3 Å². The van der Waals surface area contributed by atoms with Crippen LogP contribution in [0.1, 0.15) is 36.0 Å². The van der Waals surface area contributed by atoms with E-state index in [2.05, 4.69) is 16.3 Å². The molecule has 5 heteroatoms. The average Bonchev–Trinajstić information content (AvgIpc) is 2.97. The molecule has 1 fully saturated rings. The SMILES string of the molecule is COc1ccc(C(=O)Nc2ccccc2N2CCCCCC2)cc1OC. The van der Waals surface area contributed by atoms with Crippen LogP contribution in [0.25, 0.3) is 0 Å². The zero-order chi connectivity index (χ0) is 18.4. The number of carbonyl (C=O) groups excluding carboxylic acids is 1. The van der Waals surface area contributed by atoms with Gasteiger partial charge in [0, 0.05) is 18.7 Å². The third-order valence-electron chi connectivity index (χ3n) is 4.74. The van der Waals surface area contributed by atoms with Crippen LogP contribution in [0, 0.1) is 0 Å². The highest BCUT2D eigenvalue weighted by molar-refractivity contribution is 6.06. The lowest BCUT2D eigenvalue weighted by Gasteiger charge is -2.25. The average molecular weight is 354 g/mol. The van der Waals surface area contributed by atoms with Crippen LogP contribution in [0.2, 0.25) is 0 Å². The smallest absolute Gasteiger partial charge is 0.255 e. The van der Waals surface area contributed by atoms with E-state index in [9.17, 15) is 4.79 Å². The Morgan fingerprint density at radius 3 is 2.31 bits per heavy atom. The van der Waals surface area contributed by atoms with Crippen LogP contribution in [-0.2, 0) is 0 Å². The molecule has 26 heavy (non-hydrogen) atoms. The standard InChI is InChI=1S/C21H26N2O3/c1-25-19-12-11-16(15-20(19)26-2)21(24)22-17-9-5-6-10-18(17)23-13-7-3-4-8-14-23/h5-6,9-12,15H,3-4,7-8,13-14H2,1-2H3,(H,22,24). The topological polar surface area (TPSA) is 50.8 Å². The maximum Gasteiger partial charge on any atom is 0.255 e. The summed E-state index contributed by atoms with van der Waals surface area (Å²) in [6, 6.07) is 13.2. The van der Waals surface area contributed by atoms with Gasteiger partial charge in [-0.05, 0) is 43.2 Å². The Morgan fingerprint density at radius 1 is 0.923 bits per heavy atom. The molecule has 0 atom stereocenters. The van der Waals surface area contributed by atoms with E-state index in [1.807, 2.05) is 18.2 Å². The first kappa shape index (κ1) is 18.1. The Hall–Kier alpha value is -2.69. The minimum Gasteiger partial charge on any atom is -0.493 e. The zero-order valence-electron chi connectivity index (χ0n) is 15.5. The van der Waals surface area contributed by atoms with Crippen LogP contribution in [0.4, 0.5) is 11.4 Å². The van der Waals surface area contributed by atoms with Crippen LogP contribution in [0.5, 0.6) is 11.5 Å². The van der Waals surface area contributed by atoms with Gasteiger partial charge < -0.3 is 19.7 Å². The van der Waals surface area contributed by atoms with Crippen molar-refractivity contribution in [2.24, 2.45) is 0 Å². The number of methoxy groups -OCH3 is 2. The molecule has 1 aliphatic heterocycles. The van der Waals surface area contributed by atoms with Crippen molar-refractivity contribution in [2.75, 3.05) is 37.5 Å². The Bertz CT molecular complexity index is 753. The van der Waals surface area contributed by atoms with E-state index >= 15 is 0 Å². The molecule has 0 radical (unpaired) electrons. The van der Waals surface area contributed by atoms with Gasteiger partial charge in [0.25, 0.3) is 5.91 Å². The molecule has 1 aliphatic rings. The van der Waals surface area contributed by atoms with Gasteiger partial charge in [-0.2, -0.15) is 0 Å². The highest BCUT2D eigenvalue weighted by Crippen LogP contribution is 2.30. The Kier molecular flexibility index (Phi) is 6.00. The fourth-order valence-electron chi connectivity index (χ4n) is 3.34. The fourth-order valence-corrected chi connectivity index (χ4v) is 3.34. The van der Waals surface area contributed by atoms with E-state index < -0.39 is 0 Å². The van der Waals surface area contributed by atoms with E-state index in [4.69, 9.17) is 9.47 Å². The summed E-state index contributed by atoms with van der Waals surface area (Å²) in [5.74, 6) is 0.989. The maximum absolute atomic E-state index is 12.8. The number of hydrogen-bond donors (Lipinski definition) is 1. The Morgan fingerprint density at radius 2 is 1.62 bits per heavy atom. The lowest BCUT2D eigenvalue weighted by Crippen LogP contribution is -2.25. The Labute approximate surface area is 154 Å². The highest BCUT2D eigenvalue weighted by Gasteiger charge is 2.16. The van der Waals surface area contributed by atoms with Crippen molar-refractivity contribution in [3.8, 4) is 11.5 Å². The molecule has 2 aromatic carbocycles. The molecule has 0 spiro atoms. The van der Waals surface area contributed by atoms with Crippen molar-refractivity contribution in [3.05, 3.63) is 48.0 Å². The number of benzene rings is 2. The van der Waals surface area contributed by atoms with Crippen molar-refractivity contribution < 1.29 is 14.3 Å². The van der Waals surface area contributed by atoms with Gasteiger partial charge >= 0.3 is 0 Å². The van der Waals surface area contributed by atoms with E-state index in [1.165, 1.54) is 25.7 Å². The molecule has 3 rings (SSSR count). The predicted molar refractivity (Wildman–Crippen MR) is 105 cm³/mol. The molecule has 2 aromatic rings. The minimum atomic E-state index is -0.159. The minimum absolute atomic E-state index is 0.159. The highest BCUT2D eigenvalue weighted by atomic mass is 16.5. The molecule has 0 bridgehead atoms. The molecule has 138 valence electrons. The predicted octanol–water partition coefficient (Wildman–Crippen LogP) is 4.34. The van der Waals surface area contributed by atoms with Crippen LogP contribution in [-0.4, -0.2) is 33.2 Å². The van der Waals surface area contributed by atoms with Crippen LogP contribution in [0.3, 0.4) is 0 Å². The first-order chi connectivity index (χ1) is 12.7. The lowest BCUT2D eigenvalue weighted by molar-refractivity contribution is 0.102. The second-order valence-corrected chi connectivity index (χ2v) is 6.44.